The molecule has 3 aromatic rings. The predicted octanol–water partition coefficient (Wildman–Crippen LogP) is 7.72. The van der Waals surface area contributed by atoms with Gasteiger partial charge in [-0.25, -0.2) is 0 Å². The van der Waals surface area contributed by atoms with Crippen LogP contribution in [-0.4, -0.2) is 28.9 Å². The van der Waals surface area contributed by atoms with Crippen LogP contribution >= 0.6 is 69.6 Å². The summed E-state index contributed by atoms with van der Waals surface area (Å²) in [5, 5.41) is 2.13. The second-order valence-electron chi connectivity index (χ2n) is 6.41. The second-order valence-corrected chi connectivity index (χ2v) is 8.92. The summed E-state index contributed by atoms with van der Waals surface area (Å²) >= 11 is 36.4. The molecule has 0 N–H and O–H groups in total. The molecule has 0 aliphatic carbocycles. The lowest BCUT2D eigenvalue weighted by Gasteiger charge is -2.23. The lowest BCUT2D eigenvalue weighted by atomic mass is 10.2. The van der Waals surface area contributed by atoms with E-state index in [4.69, 9.17) is 74.3 Å². The monoisotopic (exact) mass is 536 g/mol. The van der Waals surface area contributed by atoms with E-state index in [1.165, 1.54) is 24.5 Å². The lowest BCUT2D eigenvalue weighted by molar-refractivity contribution is 0.0716. The van der Waals surface area contributed by atoms with Crippen LogP contribution in [0.25, 0.3) is 0 Å². The van der Waals surface area contributed by atoms with E-state index in [1.807, 2.05) is 0 Å². The summed E-state index contributed by atoms with van der Waals surface area (Å²) < 4.78 is 5.74. The lowest BCUT2D eigenvalue weighted by Crippen LogP contribution is -2.34. The quantitative estimate of drug-likeness (QED) is 0.309. The van der Waals surface area contributed by atoms with Gasteiger partial charge in [-0.05, 0) is 35.9 Å². The molecule has 0 radical (unpaired) electrons. The van der Waals surface area contributed by atoms with Crippen LogP contribution in [0.1, 0.15) is 15.9 Å². The number of carbonyl (C=O) groups is 1. The summed E-state index contributed by atoms with van der Waals surface area (Å²) in [5.41, 5.74) is 1.13. The van der Waals surface area contributed by atoms with E-state index in [0.29, 0.717) is 31.4 Å². The minimum atomic E-state index is -0.280. The summed E-state index contributed by atoms with van der Waals surface area (Å²) in [5.74, 6) is 0.0112. The Hall–Kier alpha value is -1.40. The van der Waals surface area contributed by atoms with E-state index in [0.717, 1.165) is 5.56 Å². The average molecular weight is 539 g/mol. The highest BCUT2D eigenvalue weighted by Gasteiger charge is 2.19. The Kier molecular flexibility index (Phi) is 8.57. The van der Waals surface area contributed by atoms with Crippen molar-refractivity contribution < 1.29 is 9.53 Å². The van der Waals surface area contributed by atoms with E-state index in [-0.39, 0.29) is 35.6 Å². The van der Waals surface area contributed by atoms with Gasteiger partial charge >= 0.3 is 0 Å². The number of rotatable bonds is 7. The average Bonchev–Trinajstić information content (AvgIpc) is 2.71. The first-order valence-corrected chi connectivity index (χ1v) is 11.1. The fraction of sp³-hybridized carbons (Fsp3) is 0.143. The summed E-state index contributed by atoms with van der Waals surface area (Å²) in [6, 6.07) is 9.77. The van der Waals surface area contributed by atoms with Gasteiger partial charge in [0.05, 0.1) is 37.2 Å². The molecule has 0 saturated carbocycles. The van der Waals surface area contributed by atoms with Gasteiger partial charge in [-0.15, -0.1) is 0 Å². The molecule has 4 nitrogen and oxygen atoms in total. The molecule has 1 amide bonds. The van der Waals surface area contributed by atoms with Gasteiger partial charge in [-0.1, -0.05) is 75.7 Å². The van der Waals surface area contributed by atoms with E-state index >= 15 is 0 Å². The second kappa shape index (κ2) is 11.0. The molecule has 1 heterocycles. The Balaban J connectivity index is 1.79. The highest BCUT2D eigenvalue weighted by Crippen LogP contribution is 2.35. The summed E-state index contributed by atoms with van der Waals surface area (Å²) in [6.07, 6.45) is 2.90. The smallest absolute Gasteiger partial charge is 0.255 e. The molecule has 31 heavy (non-hydrogen) atoms. The number of hydrogen-bond acceptors (Lipinski definition) is 3. The Morgan fingerprint density at radius 2 is 1.55 bits per heavy atom. The van der Waals surface area contributed by atoms with Crippen LogP contribution < -0.4 is 4.74 Å². The predicted molar refractivity (Wildman–Crippen MR) is 127 cm³/mol. The minimum Gasteiger partial charge on any atom is -0.489 e. The number of benzene rings is 2. The molecule has 0 bridgehead atoms. The zero-order chi connectivity index (χ0) is 22.5. The first-order chi connectivity index (χ1) is 14.7. The van der Waals surface area contributed by atoms with Crippen molar-refractivity contribution in [2.45, 2.75) is 6.54 Å². The minimum absolute atomic E-state index is 0.127. The zero-order valence-corrected chi connectivity index (χ0v) is 20.3. The summed E-state index contributed by atoms with van der Waals surface area (Å²) in [6.45, 7) is 0.608. The van der Waals surface area contributed by atoms with Crippen LogP contribution in [0.2, 0.25) is 30.1 Å². The molecular weight excluding hydrogens is 525 g/mol. The van der Waals surface area contributed by atoms with Gasteiger partial charge in [0.1, 0.15) is 6.61 Å². The summed E-state index contributed by atoms with van der Waals surface area (Å²) in [7, 11) is 0. The van der Waals surface area contributed by atoms with E-state index in [2.05, 4.69) is 4.98 Å². The molecule has 0 unspecified atom stereocenters. The van der Waals surface area contributed by atoms with Crippen LogP contribution in [0.5, 0.6) is 5.75 Å². The van der Waals surface area contributed by atoms with Crippen molar-refractivity contribution in [1.82, 2.24) is 9.88 Å². The van der Waals surface area contributed by atoms with Crippen molar-refractivity contribution in [3.8, 4) is 5.75 Å². The van der Waals surface area contributed by atoms with Crippen LogP contribution in [0.4, 0.5) is 0 Å². The van der Waals surface area contributed by atoms with Crippen LogP contribution in [0, 0.1) is 0 Å². The third-order valence-electron chi connectivity index (χ3n) is 4.17. The Bertz CT molecular complexity index is 1090. The van der Waals surface area contributed by atoms with Crippen LogP contribution in [0.15, 0.2) is 48.8 Å². The topological polar surface area (TPSA) is 42.4 Å². The summed E-state index contributed by atoms with van der Waals surface area (Å²) in [4.78, 5) is 18.7. The van der Waals surface area contributed by atoms with Crippen molar-refractivity contribution >= 4 is 75.5 Å². The molecule has 0 fully saturated rings. The van der Waals surface area contributed by atoms with E-state index in [1.54, 1.807) is 29.2 Å². The van der Waals surface area contributed by atoms with Gasteiger partial charge in [-0.3, -0.25) is 9.78 Å². The highest BCUT2D eigenvalue weighted by molar-refractivity contribution is 6.42. The largest absolute Gasteiger partial charge is 0.489 e. The normalized spacial score (nSPS) is 10.8. The van der Waals surface area contributed by atoms with E-state index < -0.39 is 0 Å². The van der Waals surface area contributed by atoms with Crippen LogP contribution in [-0.2, 0) is 6.54 Å². The molecule has 0 saturated heterocycles. The van der Waals surface area contributed by atoms with Gasteiger partial charge in [0.15, 0.2) is 5.75 Å². The van der Waals surface area contributed by atoms with Gasteiger partial charge in [0.25, 0.3) is 5.91 Å². The molecule has 0 aliphatic heterocycles. The fourth-order valence-corrected chi connectivity index (χ4v) is 4.17. The third kappa shape index (κ3) is 6.55. The van der Waals surface area contributed by atoms with Crippen molar-refractivity contribution in [3.63, 3.8) is 0 Å². The number of aromatic nitrogens is 1. The van der Waals surface area contributed by atoms with Crippen molar-refractivity contribution in [2.75, 3.05) is 13.2 Å². The molecule has 0 aliphatic rings. The Morgan fingerprint density at radius 3 is 2.19 bits per heavy atom. The van der Waals surface area contributed by atoms with E-state index in [9.17, 15) is 4.79 Å². The molecular formula is C21H14Cl6N2O2. The van der Waals surface area contributed by atoms with Crippen molar-refractivity contribution in [1.29, 1.82) is 0 Å². The van der Waals surface area contributed by atoms with Crippen molar-refractivity contribution in [3.05, 3.63) is 90.1 Å². The number of pyridine rings is 1. The number of amides is 1. The third-order valence-corrected chi connectivity index (χ3v) is 5.89. The standard InChI is InChI=1S/C21H14Cl6N2O2/c22-14-7-18(26)20(19(27)8-14)31-4-3-29(11-12-1-2-16(24)17(25)5-12)21(30)13-6-15(23)10-28-9-13/h1-2,5-10H,3-4,11H2. The van der Waals surface area contributed by atoms with Gasteiger partial charge in [-0.2, -0.15) is 0 Å². The van der Waals surface area contributed by atoms with Gasteiger partial charge in [0, 0.05) is 24.0 Å². The van der Waals surface area contributed by atoms with Crippen molar-refractivity contribution in [2.24, 2.45) is 0 Å². The maximum Gasteiger partial charge on any atom is 0.255 e. The van der Waals surface area contributed by atoms with Gasteiger partial charge < -0.3 is 9.64 Å². The number of hydrogen-bond donors (Lipinski definition) is 0. The molecule has 3 rings (SSSR count). The zero-order valence-electron chi connectivity index (χ0n) is 15.7. The number of halogens is 6. The molecule has 162 valence electrons. The maximum absolute atomic E-state index is 13.1. The first-order valence-electron chi connectivity index (χ1n) is 8.85. The highest BCUT2D eigenvalue weighted by atomic mass is 35.5. The number of ether oxygens (including phenoxy) is 1. The van der Waals surface area contributed by atoms with Gasteiger partial charge in [0.2, 0.25) is 0 Å². The fourth-order valence-electron chi connectivity index (χ4n) is 2.75. The molecule has 10 heteroatoms. The SMILES string of the molecule is O=C(c1cncc(Cl)c1)N(CCOc1c(Cl)cc(Cl)cc1Cl)Cc1ccc(Cl)c(Cl)c1. The maximum atomic E-state index is 13.1. The molecule has 2 aromatic carbocycles. The first kappa shape index (κ1) is 24.2. The molecule has 0 spiro atoms. The Labute approximate surface area is 209 Å². The molecule has 0 atom stereocenters. The van der Waals surface area contributed by atoms with Crippen LogP contribution in [0.3, 0.4) is 0 Å². The number of carbonyl (C=O) groups excluding carboxylic acids is 1. The number of nitrogens with zero attached hydrogens (tertiary/aromatic N) is 2. The molecule has 1 aromatic heterocycles. The Morgan fingerprint density at radius 1 is 0.839 bits per heavy atom.